The molecule has 0 spiro atoms. The highest BCUT2D eigenvalue weighted by atomic mass is 35.5. The summed E-state index contributed by atoms with van der Waals surface area (Å²) < 4.78 is 25.9. The van der Waals surface area contributed by atoms with Gasteiger partial charge in [-0.3, -0.25) is 4.72 Å². The summed E-state index contributed by atoms with van der Waals surface area (Å²) in [5.74, 6) is 5.51. The highest BCUT2D eigenvalue weighted by molar-refractivity contribution is 7.93. The Balaban J connectivity index is 3.09. The molecule has 0 fully saturated rings. The molecule has 6 heteroatoms. The Labute approximate surface area is 113 Å². The van der Waals surface area contributed by atoms with Crippen LogP contribution in [0.5, 0.6) is 0 Å². The third-order valence-electron chi connectivity index (χ3n) is 2.17. The molecule has 0 atom stereocenters. The van der Waals surface area contributed by atoms with Gasteiger partial charge in [-0.05, 0) is 32.0 Å². The summed E-state index contributed by atoms with van der Waals surface area (Å²) in [5, 5.41) is -0.204. The fourth-order valence-corrected chi connectivity index (χ4v) is 2.04. The molecule has 0 unspecified atom stereocenters. The van der Waals surface area contributed by atoms with Crippen LogP contribution < -0.4 is 10.5 Å². The van der Waals surface area contributed by atoms with E-state index in [0.717, 1.165) is 0 Å². The fourth-order valence-electron chi connectivity index (χ4n) is 1.11. The average molecular weight is 287 g/mol. The first-order valence-corrected chi connectivity index (χ1v) is 7.29. The molecule has 0 bridgehead atoms. The van der Waals surface area contributed by atoms with Crippen molar-refractivity contribution in [3.63, 3.8) is 0 Å². The van der Waals surface area contributed by atoms with E-state index in [1.54, 1.807) is 32.0 Å². The van der Waals surface area contributed by atoms with Gasteiger partial charge < -0.3 is 5.73 Å². The van der Waals surface area contributed by atoms with E-state index in [2.05, 4.69) is 16.6 Å². The topological polar surface area (TPSA) is 72.2 Å². The molecule has 0 radical (unpaired) electrons. The summed E-state index contributed by atoms with van der Waals surface area (Å²) in [6.45, 7) is 3.43. The van der Waals surface area contributed by atoms with E-state index in [9.17, 15) is 8.42 Å². The molecular weight excluding hydrogens is 272 g/mol. The molecule has 3 N–H and O–H groups in total. The standard InChI is InChI=1S/C12H15ClN2O2S/c1-9(2)18(16,17)15-12-8-10(4-3-7-14)5-6-11(12)13/h5-6,8-9,15H,7,14H2,1-2H3. The Morgan fingerprint density at radius 3 is 2.67 bits per heavy atom. The molecule has 0 heterocycles. The maximum Gasteiger partial charge on any atom is 0.235 e. The van der Waals surface area contributed by atoms with Gasteiger partial charge in [0.25, 0.3) is 0 Å². The lowest BCUT2D eigenvalue weighted by Gasteiger charge is -2.12. The van der Waals surface area contributed by atoms with Gasteiger partial charge in [0.1, 0.15) is 0 Å². The van der Waals surface area contributed by atoms with E-state index in [0.29, 0.717) is 16.3 Å². The maximum absolute atomic E-state index is 11.8. The van der Waals surface area contributed by atoms with E-state index in [4.69, 9.17) is 17.3 Å². The van der Waals surface area contributed by atoms with Gasteiger partial charge >= 0.3 is 0 Å². The Morgan fingerprint density at radius 2 is 2.11 bits per heavy atom. The van der Waals surface area contributed by atoms with Gasteiger partial charge in [0.15, 0.2) is 0 Å². The molecule has 98 valence electrons. The van der Waals surface area contributed by atoms with Crippen LogP contribution in [-0.2, 0) is 10.0 Å². The van der Waals surface area contributed by atoms with Crippen molar-refractivity contribution in [2.45, 2.75) is 19.1 Å². The first-order chi connectivity index (χ1) is 8.36. The van der Waals surface area contributed by atoms with Crippen LogP contribution in [-0.4, -0.2) is 20.2 Å². The van der Waals surface area contributed by atoms with Crippen molar-refractivity contribution in [2.24, 2.45) is 5.73 Å². The number of halogens is 1. The molecular formula is C12H15ClN2O2S. The quantitative estimate of drug-likeness (QED) is 0.832. The molecule has 0 aromatic heterocycles. The van der Waals surface area contributed by atoms with Crippen molar-refractivity contribution in [1.29, 1.82) is 0 Å². The zero-order valence-corrected chi connectivity index (χ0v) is 11.8. The molecule has 1 aromatic rings. The number of nitrogens with two attached hydrogens (primary N) is 1. The minimum Gasteiger partial charge on any atom is -0.320 e. The third kappa shape index (κ3) is 3.91. The maximum atomic E-state index is 11.8. The largest absolute Gasteiger partial charge is 0.320 e. The Morgan fingerprint density at radius 1 is 1.44 bits per heavy atom. The molecule has 0 saturated heterocycles. The first kappa shape index (κ1) is 14.8. The van der Waals surface area contributed by atoms with Crippen molar-refractivity contribution >= 4 is 27.3 Å². The van der Waals surface area contributed by atoms with Crippen LogP contribution in [0.15, 0.2) is 18.2 Å². The number of rotatable bonds is 3. The normalized spacial score (nSPS) is 10.9. The molecule has 0 saturated carbocycles. The molecule has 18 heavy (non-hydrogen) atoms. The van der Waals surface area contributed by atoms with Gasteiger partial charge in [-0.1, -0.05) is 23.4 Å². The molecule has 0 amide bonds. The van der Waals surface area contributed by atoms with Crippen LogP contribution >= 0.6 is 11.6 Å². The van der Waals surface area contributed by atoms with Crippen LogP contribution in [0, 0.1) is 11.8 Å². The van der Waals surface area contributed by atoms with Crippen molar-refractivity contribution in [3.05, 3.63) is 28.8 Å². The van der Waals surface area contributed by atoms with Crippen LogP contribution in [0.4, 0.5) is 5.69 Å². The molecule has 0 aliphatic heterocycles. The van der Waals surface area contributed by atoms with Gasteiger partial charge in [0, 0.05) is 5.56 Å². The lowest BCUT2D eigenvalue weighted by atomic mass is 10.2. The second-order valence-corrected chi connectivity index (χ2v) is 6.54. The predicted molar refractivity (Wildman–Crippen MR) is 75.1 cm³/mol. The SMILES string of the molecule is CC(C)S(=O)(=O)Nc1cc(C#CCN)ccc1Cl. The Bertz CT molecular complexity index is 586. The minimum absolute atomic E-state index is 0.246. The second kappa shape index (κ2) is 6.10. The molecule has 1 rings (SSSR count). The third-order valence-corrected chi connectivity index (χ3v) is 4.25. The van der Waals surface area contributed by atoms with Crippen molar-refractivity contribution in [3.8, 4) is 11.8 Å². The molecule has 0 aliphatic rings. The van der Waals surface area contributed by atoms with Crippen molar-refractivity contribution in [2.75, 3.05) is 11.3 Å². The van der Waals surface area contributed by atoms with Gasteiger partial charge in [-0.2, -0.15) is 0 Å². The zero-order valence-electron chi connectivity index (χ0n) is 10.2. The number of sulfonamides is 1. The molecule has 1 aromatic carbocycles. The highest BCUT2D eigenvalue weighted by Gasteiger charge is 2.17. The Hall–Kier alpha value is -1.22. The van der Waals surface area contributed by atoms with E-state index < -0.39 is 15.3 Å². The smallest absolute Gasteiger partial charge is 0.235 e. The summed E-state index contributed by atoms with van der Waals surface area (Å²) >= 11 is 5.94. The molecule has 0 aliphatic carbocycles. The van der Waals surface area contributed by atoms with Crippen LogP contribution in [0.25, 0.3) is 0 Å². The summed E-state index contributed by atoms with van der Waals surface area (Å²) in [6, 6.07) is 4.89. The van der Waals surface area contributed by atoms with Crippen LogP contribution in [0.1, 0.15) is 19.4 Å². The summed E-state index contributed by atoms with van der Waals surface area (Å²) in [5.41, 5.74) is 6.26. The highest BCUT2D eigenvalue weighted by Crippen LogP contribution is 2.24. The van der Waals surface area contributed by atoms with E-state index in [1.165, 1.54) is 0 Å². The number of nitrogens with one attached hydrogen (secondary N) is 1. The monoisotopic (exact) mass is 286 g/mol. The lowest BCUT2D eigenvalue weighted by molar-refractivity contribution is 0.593. The zero-order chi connectivity index (χ0) is 13.8. The Kier molecular flexibility index (Phi) is 5.03. The van der Waals surface area contributed by atoms with Crippen molar-refractivity contribution < 1.29 is 8.42 Å². The summed E-state index contributed by atoms with van der Waals surface area (Å²) in [4.78, 5) is 0. The van der Waals surface area contributed by atoms with Crippen molar-refractivity contribution in [1.82, 2.24) is 0 Å². The van der Waals surface area contributed by atoms with Crippen LogP contribution in [0.2, 0.25) is 5.02 Å². The summed E-state index contributed by atoms with van der Waals surface area (Å²) in [6.07, 6.45) is 0. The van der Waals surface area contributed by atoms with Gasteiger partial charge in [0.05, 0.1) is 22.5 Å². The minimum atomic E-state index is -3.42. The fraction of sp³-hybridized carbons (Fsp3) is 0.333. The lowest BCUT2D eigenvalue weighted by Crippen LogP contribution is -2.22. The van der Waals surface area contributed by atoms with E-state index in [-0.39, 0.29) is 6.54 Å². The second-order valence-electron chi connectivity index (χ2n) is 3.90. The van der Waals surface area contributed by atoms with E-state index >= 15 is 0 Å². The van der Waals surface area contributed by atoms with Gasteiger partial charge in [0.2, 0.25) is 10.0 Å². The van der Waals surface area contributed by atoms with Crippen LogP contribution in [0.3, 0.4) is 0 Å². The number of hydrogen-bond acceptors (Lipinski definition) is 3. The summed E-state index contributed by atoms with van der Waals surface area (Å²) in [7, 11) is -3.42. The van der Waals surface area contributed by atoms with E-state index in [1.807, 2.05) is 0 Å². The number of anilines is 1. The average Bonchev–Trinajstić information content (AvgIpc) is 2.29. The predicted octanol–water partition coefficient (Wildman–Crippen LogP) is 1.80. The number of hydrogen-bond donors (Lipinski definition) is 2. The first-order valence-electron chi connectivity index (χ1n) is 5.37. The molecule has 4 nitrogen and oxygen atoms in total. The number of benzene rings is 1. The van der Waals surface area contributed by atoms with Gasteiger partial charge in [-0.15, -0.1) is 0 Å². The van der Waals surface area contributed by atoms with Gasteiger partial charge in [-0.25, -0.2) is 8.42 Å².